The summed E-state index contributed by atoms with van der Waals surface area (Å²) in [6, 6.07) is 5.54. The van der Waals surface area contributed by atoms with Crippen molar-refractivity contribution in [3.05, 3.63) is 67.2 Å². The van der Waals surface area contributed by atoms with Crippen LogP contribution in [0.3, 0.4) is 0 Å². The number of hydrogen-bond acceptors (Lipinski definition) is 3. The predicted octanol–water partition coefficient (Wildman–Crippen LogP) is 1.25. The Kier molecular flexibility index (Phi) is 3.49. The monoisotopic (exact) mass is 279 g/mol. The molecule has 1 aromatic heterocycles. The van der Waals surface area contributed by atoms with Gasteiger partial charge in [-0.1, -0.05) is 11.6 Å². The highest BCUT2D eigenvalue weighted by Gasteiger charge is 2.08. The first-order valence-corrected chi connectivity index (χ1v) is 5.57. The van der Waals surface area contributed by atoms with Gasteiger partial charge in [-0.15, -0.1) is 0 Å². The van der Waals surface area contributed by atoms with Crippen molar-refractivity contribution in [3.63, 3.8) is 0 Å². The van der Waals surface area contributed by atoms with E-state index in [0.717, 1.165) is 22.9 Å². The quantitative estimate of drug-likeness (QED) is 0.898. The molecule has 7 heteroatoms. The molecule has 0 saturated carbocycles. The minimum absolute atomic E-state index is 0.0595. The molecule has 0 fully saturated rings. The molecule has 5 nitrogen and oxygen atoms in total. The highest BCUT2D eigenvalue weighted by atomic mass is 35.5. The van der Waals surface area contributed by atoms with E-state index >= 15 is 0 Å². The van der Waals surface area contributed by atoms with Gasteiger partial charge < -0.3 is 0 Å². The van der Waals surface area contributed by atoms with Gasteiger partial charge >= 0.3 is 5.69 Å². The minimum atomic E-state index is -0.692. The van der Waals surface area contributed by atoms with Gasteiger partial charge in [0, 0.05) is 6.20 Å². The molecule has 0 spiro atoms. The maximum atomic E-state index is 13.1. The molecule has 0 radical (unpaired) electrons. The van der Waals surface area contributed by atoms with Gasteiger partial charge in [-0.2, -0.15) is 5.26 Å². The Morgan fingerprint density at radius 1 is 1.42 bits per heavy atom. The first-order chi connectivity index (χ1) is 9.01. The van der Waals surface area contributed by atoms with Crippen molar-refractivity contribution in [1.82, 2.24) is 9.55 Å². The number of rotatable bonds is 2. The number of benzene rings is 1. The fourth-order valence-corrected chi connectivity index (χ4v) is 1.75. The number of halogens is 2. The molecule has 2 aromatic rings. The van der Waals surface area contributed by atoms with Crippen LogP contribution in [-0.4, -0.2) is 9.55 Å². The summed E-state index contributed by atoms with van der Waals surface area (Å²) < 4.78 is 14.2. The Labute approximate surface area is 111 Å². The zero-order valence-corrected chi connectivity index (χ0v) is 10.2. The smallest absolute Gasteiger partial charge is 0.295 e. The van der Waals surface area contributed by atoms with E-state index in [9.17, 15) is 14.0 Å². The van der Waals surface area contributed by atoms with Crippen molar-refractivity contribution < 1.29 is 4.39 Å². The Bertz CT molecular complexity index is 789. The summed E-state index contributed by atoms with van der Waals surface area (Å²) in [5, 5.41) is 8.75. The topological polar surface area (TPSA) is 78.7 Å². The van der Waals surface area contributed by atoms with Crippen LogP contribution in [0.2, 0.25) is 5.02 Å². The summed E-state index contributed by atoms with van der Waals surface area (Å²) in [5.41, 5.74) is -0.798. The first-order valence-electron chi connectivity index (χ1n) is 5.19. The largest absolute Gasteiger partial charge is 0.328 e. The summed E-state index contributed by atoms with van der Waals surface area (Å²) in [5.74, 6) is -0.516. The number of nitriles is 1. The fraction of sp³-hybridized carbons (Fsp3) is 0.0833. The average Bonchev–Trinajstić information content (AvgIpc) is 2.36. The van der Waals surface area contributed by atoms with Gasteiger partial charge in [0.2, 0.25) is 0 Å². The van der Waals surface area contributed by atoms with Crippen molar-refractivity contribution in [2.75, 3.05) is 0 Å². The van der Waals surface area contributed by atoms with Crippen LogP contribution >= 0.6 is 11.6 Å². The lowest BCUT2D eigenvalue weighted by Crippen LogP contribution is -2.30. The van der Waals surface area contributed by atoms with Gasteiger partial charge in [0.25, 0.3) is 5.56 Å². The molecule has 96 valence electrons. The van der Waals surface area contributed by atoms with Crippen molar-refractivity contribution in [3.8, 4) is 6.07 Å². The lowest BCUT2D eigenvalue weighted by atomic mass is 10.1. The molecule has 0 bridgehead atoms. The SMILES string of the molecule is N#Cc1ccc(F)cc1Cn1cc(Cl)c(=O)[nH]c1=O. The fourth-order valence-electron chi connectivity index (χ4n) is 1.59. The number of nitrogens with one attached hydrogen (secondary N) is 1. The molecule has 1 aromatic carbocycles. The predicted molar refractivity (Wildman–Crippen MR) is 66.5 cm³/mol. The van der Waals surface area contributed by atoms with E-state index in [0.29, 0.717) is 5.56 Å². The molecular formula is C12H7ClFN3O2. The zero-order valence-electron chi connectivity index (χ0n) is 9.48. The van der Waals surface area contributed by atoms with Crippen LogP contribution in [0, 0.1) is 17.1 Å². The number of nitrogens with zero attached hydrogens (tertiary/aromatic N) is 2. The van der Waals surface area contributed by atoms with E-state index in [2.05, 4.69) is 0 Å². The van der Waals surface area contributed by atoms with E-state index in [1.165, 1.54) is 6.07 Å². The Morgan fingerprint density at radius 2 is 2.16 bits per heavy atom. The van der Waals surface area contributed by atoms with E-state index in [1.54, 1.807) is 0 Å². The van der Waals surface area contributed by atoms with Crippen LogP contribution in [0.4, 0.5) is 4.39 Å². The van der Waals surface area contributed by atoms with Crippen LogP contribution in [-0.2, 0) is 6.54 Å². The average molecular weight is 280 g/mol. The van der Waals surface area contributed by atoms with Gasteiger partial charge in [-0.25, -0.2) is 9.18 Å². The van der Waals surface area contributed by atoms with Crippen LogP contribution in [0.1, 0.15) is 11.1 Å². The molecule has 0 aliphatic carbocycles. The van der Waals surface area contributed by atoms with Gasteiger partial charge in [0.05, 0.1) is 18.2 Å². The van der Waals surface area contributed by atoms with Gasteiger partial charge in [-0.05, 0) is 23.8 Å². The lowest BCUT2D eigenvalue weighted by Gasteiger charge is -2.07. The molecule has 0 saturated heterocycles. The maximum absolute atomic E-state index is 13.1. The standard InChI is InChI=1S/C12H7ClFN3O2/c13-10-6-17(12(19)16-11(10)18)5-8-3-9(14)2-1-7(8)4-15/h1-3,6H,5H2,(H,16,18,19). The molecule has 0 aliphatic rings. The molecule has 0 atom stereocenters. The second kappa shape index (κ2) is 5.08. The highest BCUT2D eigenvalue weighted by Crippen LogP contribution is 2.11. The summed E-state index contributed by atoms with van der Waals surface area (Å²) in [7, 11) is 0. The first kappa shape index (κ1) is 13.1. The third kappa shape index (κ3) is 2.72. The number of aromatic nitrogens is 2. The van der Waals surface area contributed by atoms with Gasteiger partial charge in [0.15, 0.2) is 0 Å². The number of hydrogen-bond donors (Lipinski definition) is 1. The zero-order chi connectivity index (χ0) is 14.0. The summed E-state index contributed by atoms with van der Waals surface area (Å²) >= 11 is 5.61. The molecule has 19 heavy (non-hydrogen) atoms. The number of aromatic amines is 1. The Morgan fingerprint density at radius 3 is 2.84 bits per heavy atom. The summed E-state index contributed by atoms with van der Waals surface area (Å²) in [6.45, 7) is -0.0595. The molecule has 2 rings (SSSR count). The normalized spacial score (nSPS) is 10.2. The van der Waals surface area contributed by atoms with Crippen LogP contribution in [0.5, 0.6) is 0 Å². The van der Waals surface area contributed by atoms with Gasteiger partial charge in [0.1, 0.15) is 10.8 Å². The van der Waals surface area contributed by atoms with E-state index in [4.69, 9.17) is 16.9 Å². The molecule has 0 amide bonds. The molecule has 1 heterocycles. The second-order valence-electron chi connectivity index (χ2n) is 3.78. The van der Waals surface area contributed by atoms with Crippen molar-refractivity contribution in [2.45, 2.75) is 6.54 Å². The van der Waals surface area contributed by atoms with E-state index in [-0.39, 0.29) is 17.1 Å². The third-order valence-electron chi connectivity index (χ3n) is 2.50. The summed E-state index contributed by atoms with van der Waals surface area (Å²) in [4.78, 5) is 24.7. The Balaban J connectivity index is 2.51. The van der Waals surface area contributed by atoms with Crippen LogP contribution in [0.15, 0.2) is 34.0 Å². The van der Waals surface area contributed by atoms with Crippen molar-refractivity contribution >= 4 is 11.6 Å². The Hall–Kier alpha value is -2.39. The van der Waals surface area contributed by atoms with Crippen LogP contribution < -0.4 is 11.2 Å². The lowest BCUT2D eigenvalue weighted by molar-refractivity contribution is 0.621. The second-order valence-corrected chi connectivity index (χ2v) is 4.18. The molecular weight excluding hydrogens is 273 g/mol. The van der Waals surface area contributed by atoms with E-state index < -0.39 is 17.1 Å². The number of H-pyrrole nitrogens is 1. The van der Waals surface area contributed by atoms with Crippen molar-refractivity contribution in [2.24, 2.45) is 0 Å². The van der Waals surface area contributed by atoms with Gasteiger partial charge in [-0.3, -0.25) is 14.3 Å². The van der Waals surface area contributed by atoms with Crippen molar-refractivity contribution in [1.29, 1.82) is 5.26 Å². The third-order valence-corrected chi connectivity index (χ3v) is 2.77. The highest BCUT2D eigenvalue weighted by molar-refractivity contribution is 6.30. The van der Waals surface area contributed by atoms with E-state index in [1.807, 2.05) is 11.1 Å². The maximum Gasteiger partial charge on any atom is 0.328 e. The van der Waals surface area contributed by atoms with Crippen LogP contribution in [0.25, 0.3) is 0 Å². The molecule has 0 aliphatic heterocycles. The minimum Gasteiger partial charge on any atom is -0.295 e. The molecule has 1 N–H and O–H groups in total. The summed E-state index contributed by atoms with van der Waals surface area (Å²) in [6.07, 6.45) is 1.15. The molecule has 0 unspecified atom stereocenters.